The van der Waals surface area contributed by atoms with Crippen molar-refractivity contribution in [2.45, 2.75) is 53.5 Å². The molecule has 1 unspecified atom stereocenters. The molecule has 1 N–H and O–H groups in total. The molecule has 1 heterocycles. The number of hydrogen-bond donors (Lipinski definition) is 1. The van der Waals surface area contributed by atoms with E-state index in [0.29, 0.717) is 12.0 Å². The molecule has 0 aliphatic heterocycles. The van der Waals surface area contributed by atoms with Gasteiger partial charge in [-0.15, -0.1) is 11.3 Å². The maximum Gasteiger partial charge on any atom is 0.110 e. The van der Waals surface area contributed by atoms with Crippen molar-refractivity contribution >= 4 is 11.3 Å². The predicted molar refractivity (Wildman–Crippen MR) is 72.1 cm³/mol. The standard InChI is InChI=1S/C13H24N2S/c1-6-11(7-2)12(14-8-3)13-15-9(4)10(5)16-13/h11-12,14H,6-8H2,1-5H3. The second kappa shape index (κ2) is 6.36. The molecule has 3 heteroatoms. The van der Waals surface area contributed by atoms with Crippen LogP contribution in [0.3, 0.4) is 0 Å². The maximum absolute atomic E-state index is 4.70. The zero-order chi connectivity index (χ0) is 12.1. The molecule has 0 fully saturated rings. The lowest BCUT2D eigenvalue weighted by atomic mass is 9.94. The topological polar surface area (TPSA) is 24.9 Å². The van der Waals surface area contributed by atoms with Gasteiger partial charge in [-0.1, -0.05) is 33.6 Å². The molecule has 0 aliphatic carbocycles. The zero-order valence-corrected chi connectivity index (χ0v) is 11.9. The van der Waals surface area contributed by atoms with Crippen molar-refractivity contribution in [3.63, 3.8) is 0 Å². The minimum atomic E-state index is 0.442. The van der Waals surface area contributed by atoms with Gasteiger partial charge in [0.15, 0.2) is 0 Å². The molecule has 0 radical (unpaired) electrons. The van der Waals surface area contributed by atoms with Crippen molar-refractivity contribution in [1.29, 1.82) is 0 Å². The van der Waals surface area contributed by atoms with Gasteiger partial charge in [0, 0.05) is 4.88 Å². The first kappa shape index (κ1) is 13.7. The first-order valence-electron chi connectivity index (χ1n) is 6.31. The minimum absolute atomic E-state index is 0.442. The fourth-order valence-corrected chi connectivity index (χ4v) is 3.16. The summed E-state index contributed by atoms with van der Waals surface area (Å²) in [6.07, 6.45) is 2.43. The first-order valence-corrected chi connectivity index (χ1v) is 7.12. The van der Waals surface area contributed by atoms with Gasteiger partial charge in [0.25, 0.3) is 0 Å². The normalized spacial score (nSPS) is 13.4. The number of hydrogen-bond acceptors (Lipinski definition) is 3. The van der Waals surface area contributed by atoms with Crippen LogP contribution in [0.5, 0.6) is 0 Å². The Morgan fingerprint density at radius 2 is 1.81 bits per heavy atom. The molecule has 0 amide bonds. The maximum atomic E-state index is 4.70. The summed E-state index contributed by atoms with van der Waals surface area (Å²) < 4.78 is 0. The van der Waals surface area contributed by atoms with E-state index >= 15 is 0 Å². The Bertz CT molecular complexity index is 296. The van der Waals surface area contributed by atoms with Crippen molar-refractivity contribution < 1.29 is 0 Å². The SMILES string of the molecule is CCNC(c1nc(C)c(C)s1)C(CC)CC. The molecule has 2 nitrogen and oxygen atoms in total. The molecule has 0 saturated heterocycles. The third-order valence-corrected chi connectivity index (χ3v) is 4.41. The number of aromatic nitrogens is 1. The van der Waals surface area contributed by atoms with E-state index in [0.717, 1.165) is 6.54 Å². The summed E-state index contributed by atoms with van der Waals surface area (Å²) in [6, 6.07) is 0.442. The third kappa shape index (κ3) is 3.05. The average Bonchev–Trinajstić information content (AvgIpc) is 2.59. The lowest BCUT2D eigenvalue weighted by Gasteiger charge is -2.24. The average molecular weight is 240 g/mol. The Balaban J connectivity index is 2.91. The second-order valence-corrected chi connectivity index (χ2v) is 5.54. The molecule has 1 rings (SSSR count). The summed E-state index contributed by atoms with van der Waals surface area (Å²) in [5.74, 6) is 0.699. The molecule has 1 atom stereocenters. The molecular formula is C13H24N2S. The summed E-state index contributed by atoms with van der Waals surface area (Å²) in [4.78, 5) is 6.05. The van der Waals surface area contributed by atoms with E-state index in [4.69, 9.17) is 4.98 Å². The lowest BCUT2D eigenvalue weighted by molar-refractivity contribution is 0.345. The Morgan fingerprint density at radius 3 is 2.19 bits per heavy atom. The Labute approximate surface area is 103 Å². The van der Waals surface area contributed by atoms with Crippen molar-refractivity contribution in [3.05, 3.63) is 15.6 Å². The van der Waals surface area contributed by atoms with Crippen LogP contribution in [-0.2, 0) is 0 Å². The van der Waals surface area contributed by atoms with Crippen LogP contribution in [0.2, 0.25) is 0 Å². The van der Waals surface area contributed by atoms with Crippen molar-refractivity contribution in [2.75, 3.05) is 6.54 Å². The largest absolute Gasteiger partial charge is 0.308 e. The molecule has 92 valence electrons. The molecule has 0 bridgehead atoms. The van der Waals surface area contributed by atoms with Gasteiger partial charge in [-0.2, -0.15) is 0 Å². The van der Waals surface area contributed by atoms with Gasteiger partial charge in [0.1, 0.15) is 5.01 Å². The lowest BCUT2D eigenvalue weighted by Crippen LogP contribution is -2.27. The summed E-state index contributed by atoms with van der Waals surface area (Å²) in [5, 5.41) is 4.86. The summed E-state index contributed by atoms with van der Waals surface area (Å²) in [6.45, 7) is 12.0. The van der Waals surface area contributed by atoms with Gasteiger partial charge < -0.3 is 5.32 Å². The summed E-state index contributed by atoms with van der Waals surface area (Å²) in [5.41, 5.74) is 1.19. The molecule has 0 aromatic carbocycles. The number of nitrogens with one attached hydrogen (secondary N) is 1. The van der Waals surface area contributed by atoms with Crippen LogP contribution in [0, 0.1) is 19.8 Å². The highest BCUT2D eigenvalue weighted by atomic mass is 32.1. The number of thiazole rings is 1. The van der Waals surface area contributed by atoms with E-state index in [1.165, 1.54) is 28.4 Å². The molecule has 0 saturated carbocycles. The van der Waals surface area contributed by atoms with Crippen LogP contribution < -0.4 is 5.32 Å². The molecule has 0 aliphatic rings. The fourth-order valence-electron chi connectivity index (χ4n) is 2.07. The molecule has 1 aromatic heterocycles. The number of rotatable bonds is 6. The Morgan fingerprint density at radius 1 is 1.19 bits per heavy atom. The molecule has 1 aromatic rings. The van der Waals surface area contributed by atoms with Crippen LogP contribution in [-0.4, -0.2) is 11.5 Å². The van der Waals surface area contributed by atoms with E-state index < -0.39 is 0 Å². The van der Waals surface area contributed by atoms with Crippen LogP contribution in [0.4, 0.5) is 0 Å². The van der Waals surface area contributed by atoms with Gasteiger partial charge in [-0.05, 0) is 26.3 Å². The zero-order valence-electron chi connectivity index (χ0n) is 11.1. The van der Waals surface area contributed by atoms with Crippen LogP contribution in [0.25, 0.3) is 0 Å². The molecular weight excluding hydrogens is 216 g/mol. The quantitative estimate of drug-likeness (QED) is 0.817. The predicted octanol–water partition coefficient (Wildman–Crippen LogP) is 3.85. The van der Waals surface area contributed by atoms with Crippen molar-refractivity contribution in [2.24, 2.45) is 5.92 Å². The third-order valence-electron chi connectivity index (χ3n) is 3.26. The Hall–Kier alpha value is -0.410. The highest BCUT2D eigenvalue weighted by Crippen LogP contribution is 2.31. The van der Waals surface area contributed by atoms with E-state index in [-0.39, 0.29) is 0 Å². The number of nitrogens with zero attached hydrogens (tertiary/aromatic N) is 1. The molecule has 0 spiro atoms. The van der Waals surface area contributed by atoms with E-state index in [1.807, 2.05) is 11.3 Å². The van der Waals surface area contributed by atoms with E-state index in [1.54, 1.807) is 0 Å². The first-order chi connectivity index (χ1) is 7.63. The van der Waals surface area contributed by atoms with Crippen molar-refractivity contribution in [1.82, 2.24) is 10.3 Å². The van der Waals surface area contributed by atoms with Crippen molar-refractivity contribution in [3.8, 4) is 0 Å². The Kier molecular flexibility index (Phi) is 5.42. The van der Waals surface area contributed by atoms with Gasteiger partial charge in [-0.3, -0.25) is 0 Å². The van der Waals surface area contributed by atoms with Gasteiger partial charge in [0.2, 0.25) is 0 Å². The second-order valence-electron chi connectivity index (χ2n) is 4.31. The van der Waals surface area contributed by atoms with Crippen LogP contribution in [0.1, 0.15) is 55.2 Å². The van der Waals surface area contributed by atoms with Gasteiger partial charge >= 0.3 is 0 Å². The minimum Gasteiger partial charge on any atom is -0.308 e. The smallest absolute Gasteiger partial charge is 0.110 e. The van der Waals surface area contributed by atoms with E-state index in [2.05, 4.69) is 39.9 Å². The fraction of sp³-hybridized carbons (Fsp3) is 0.769. The summed E-state index contributed by atoms with van der Waals surface area (Å²) >= 11 is 1.85. The van der Waals surface area contributed by atoms with Gasteiger partial charge in [-0.25, -0.2) is 4.98 Å². The van der Waals surface area contributed by atoms with Gasteiger partial charge in [0.05, 0.1) is 11.7 Å². The highest BCUT2D eigenvalue weighted by Gasteiger charge is 2.22. The van der Waals surface area contributed by atoms with Crippen LogP contribution in [0.15, 0.2) is 0 Å². The van der Waals surface area contributed by atoms with E-state index in [9.17, 15) is 0 Å². The summed E-state index contributed by atoms with van der Waals surface area (Å²) in [7, 11) is 0. The monoisotopic (exact) mass is 240 g/mol. The van der Waals surface area contributed by atoms with Crippen LogP contribution >= 0.6 is 11.3 Å². The number of aryl methyl sites for hydroxylation is 2. The highest BCUT2D eigenvalue weighted by molar-refractivity contribution is 7.11. The molecule has 16 heavy (non-hydrogen) atoms.